The summed E-state index contributed by atoms with van der Waals surface area (Å²) in [7, 11) is 2.06. The number of aryl methyl sites for hydroxylation is 2. The number of aliphatic hydroxyl groups excluding tert-OH is 1. The lowest BCUT2D eigenvalue weighted by Gasteiger charge is -2.04. The quantitative estimate of drug-likeness (QED) is 0.786. The fourth-order valence-corrected chi connectivity index (χ4v) is 1.91. The van der Waals surface area contributed by atoms with Crippen molar-refractivity contribution in [2.75, 3.05) is 6.61 Å². The average Bonchev–Trinajstić information content (AvgIpc) is 2.58. The van der Waals surface area contributed by atoms with Gasteiger partial charge in [0.15, 0.2) is 0 Å². The van der Waals surface area contributed by atoms with E-state index in [0.29, 0.717) is 0 Å². The molecule has 2 nitrogen and oxygen atoms in total. The number of para-hydroxylation sites is 1. The molecule has 1 aromatic carbocycles. The molecule has 0 saturated carbocycles. The zero-order valence-corrected chi connectivity index (χ0v) is 8.40. The van der Waals surface area contributed by atoms with Crippen molar-refractivity contribution in [1.29, 1.82) is 0 Å². The summed E-state index contributed by atoms with van der Waals surface area (Å²) in [5.74, 6) is 0. The van der Waals surface area contributed by atoms with Crippen molar-refractivity contribution in [3.8, 4) is 0 Å². The minimum absolute atomic E-state index is 0.265. The van der Waals surface area contributed by atoms with Gasteiger partial charge in [-0.3, -0.25) is 0 Å². The van der Waals surface area contributed by atoms with E-state index in [-0.39, 0.29) is 6.61 Å². The second-order valence-corrected chi connectivity index (χ2v) is 3.61. The minimum atomic E-state index is 0.265. The monoisotopic (exact) mass is 189 g/mol. The molecule has 2 rings (SSSR count). The smallest absolute Gasteiger partial charge is 0.0510 e. The standard InChI is InChI=1S/C12H15NO/c1-13-8-7-11-5-2-4-10(12(11)13)6-3-9-14/h2,4-5,7-8,14H,3,6,9H2,1H3. The van der Waals surface area contributed by atoms with E-state index >= 15 is 0 Å². The number of aliphatic hydroxyl groups is 1. The summed E-state index contributed by atoms with van der Waals surface area (Å²) in [5.41, 5.74) is 2.62. The molecule has 0 aliphatic carbocycles. The van der Waals surface area contributed by atoms with Crippen LogP contribution in [0.5, 0.6) is 0 Å². The third-order valence-electron chi connectivity index (χ3n) is 2.59. The summed E-state index contributed by atoms with van der Waals surface area (Å²) < 4.78 is 2.14. The zero-order chi connectivity index (χ0) is 9.97. The second kappa shape index (κ2) is 3.84. The van der Waals surface area contributed by atoms with E-state index in [1.165, 1.54) is 16.5 Å². The summed E-state index contributed by atoms with van der Waals surface area (Å²) in [4.78, 5) is 0. The molecular formula is C12H15NO. The SMILES string of the molecule is Cn1ccc2cccc(CCCO)c21. The molecule has 74 valence electrons. The van der Waals surface area contributed by atoms with Crippen LogP contribution in [0, 0.1) is 0 Å². The maximum atomic E-state index is 8.81. The van der Waals surface area contributed by atoms with Crippen LogP contribution in [0.1, 0.15) is 12.0 Å². The van der Waals surface area contributed by atoms with Crippen LogP contribution in [0.15, 0.2) is 30.5 Å². The van der Waals surface area contributed by atoms with Crippen LogP contribution in [0.3, 0.4) is 0 Å². The molecule has 0 spiro atoms. The van der Waals surface area contributed by atoms with Gasteiger partial charge in [0, 0.05) is 19.9 Å². The predicted molar refractivity (Wildman–Crippen MR) is 58.3 cm³/mol. The number of hydrogen-bond donors (Lipinski definition) is 1. The largest absolute Gasteiger partial charge is 0.396 e. The molecule has 0 bridgehead atoms. The van der Waals surface area contributed by atoms with Gasteiger partial charge in [0.25, 0.3) is 0 Å². The van der Waals surface area contributed by atoms with Crippen molar-refractivity contribution in [2.45, 2.75) is 12.8 Å². The van der Waals surface area contributed by atoms with E-state index in [9.17, 15) is 0 Å². The van der Waals surface area contributed by atoms with E-state index < -0.39 is 0 Å². The van der Waals surface area contributed by atoms with Gasteiger partial charge in [0.2, 0.25) is 0 Å². The molecule has 0 aliphatic rings. The molecule has 1 N–H and O–H groups in total. The Balaban J connectivity index is 2.46. The molecular weight excluding hydrogens is 174 g/mol. The third kappa shape index (κ3) is 1.53. The van der Waals surface area contributed by atoms with E-state index in [4.69, 9.17) is 5.11 Å². The van der Waals surface area contributed by atoms with Gasteiger partial charge in [-0.2, -0.15) is 0 Å². The van der Waals surface area contributed by atoms with Gasteiger partial charge >= 0.3 is 0 Å². The highest BCUT2D eigenvalue weighted by atomic mass is 16.2. The summed E-state index contributed by atoms with van der Waals surface area (Å²) in [6.07, 6.45) is 3.86. The fourth-order valence-electron chi connectivity index (χ4n) is 1.91. The lowest BCUT2D eigenvalue weighted by atomic mass is 10.1. The minimum Gasteiger partial charge on any atom is -0.396 e. The molecule has 2 aromatic rings. The van der Waals surface area contributed by atoms with E-state index in [0.717, 1.165) is 12.8 Å². The number of nitrogens with zero attached hydrogens (tertiary/aromatic N) is 1. The summed E-state index contributed by atoms with van der Waals surface area (Å²) in [5, 5.41) is 10.1. The molecule has 14 heavy (non-hydrogen) atoms. The normalized spacial score (nSPS) is 11.0. The Morgan fingerprint density at radius 2 is 2.14 bits per heavy atom. The first kappa shape index (κ1) is 9.28. The highest BCUT2D eigenvalue weighted by molar-refractivity contribution is 5.83. The van der Waals surface area contributed by atoms with Crippen molar-refractivity contribution in [3.63, 3.8) is 0 Å². The first-order chi connectivity index (χ1) is 6.83. The van der Waals surface area contributed by atoms with Crippen LogP contribution in [-0.4, -0.2) is 16.3 Å². The van der Waals surface area contributed by atoms with Gasteiger partial charge < -0.3 is 9.67 Å². The number of aromatic nitrogens is 1. The molecule has 0 amide bonds. The molecule has 0 saturated heterocycles. The van der Waals surface area contributed by atoms with Crippen LogP contribution in [-0.2, 0) is 13.5 Å². The van der Waals surface area contributed by atoms with Gasteiger partial charge in [-0.1, -0.05) is 18.2 Å². The van der Waals surface area contributed by atoms with Crippen LogP contribution in [0.2, 0.25) is 0 Å². The third-order valence-corrected chi connectivity index (χ3v) is 2.59. The van der Waals surface area contributed by atoms with E-state index in [2.05, 4.69) is 42.1 Å². The molecule has 1 heterocycles. The average molecular weight is 189 g/mol. The zero-order valence-electron chi connectivity index (χ0n) is 8.40. The lowest BCUT2D eigenvalue weighted by molar-refractivity contribution is 0.288. The van der Waals surface area contributed by atoms with Crippen molar-refractivity contribution in [3.05, 3.63) is 36.0 Å². The van der Waals surface area contributed by atoms with Gasteiger partial charge in [0.05, 0.1) is 5.52 Å². The number of benzene rings is 1. The van der Waals surface area contributed by atoms with Gasteiger partial charge in [-0.15, -0.1) is 0 Å². The Morgan fingerprint density at radius 1 is 1.29 bits per heavy atom. The van der Waals surface area contributed by atoms with E-state index in [1.807, 2.05) is 0 Å². The van der Waals surface area contributed by atoms with Crippen LogP contribution in [0.25, 0.3) is 10.9 Å². The number of fused-ring (bicyclic) bond motifs is 1. The number of rotatable bonds is 3. The molecule has 0 fully saturated rings. The Hall–Kier alpha value is -1.28. The van der Waals surface area contributed by atoms with Gasteiger partial charge in [-0.25, -0.2) is 0 Å². The van der Waals surface area contributed by atoms with Crippen molar-refractivity contribution in [1.82, 2.24) is 4.57 Å². The van der Waals surface area contributed by atoms with Crippen molar-refractivity contribution < 1.29 is 5.11 Å². The second-order valence-electron chi connectivity index (χ2n) is 3.61. The molecule has 0 unspecified atom stereocenters. The Kier molecular flexibility index (Phi) is 2.55. The molecule has 2 heteroatoms. The predicted octanol–water partition coefficient (Wildman–Crippen LogP) is 2.10. The van der Waals surface area contributed by atoms with Gasteiger partial charge in [-0.05, 0) is 29.9 Å². The highest BCUT2D eigenvalue weighted by Crippen LogP contribution is 2.20. The Bertz CT molecular complexity index is 431. The molecule has 0 radical (unpaired) electrons. The Labute approximate surface area is 83.8 Å². The summed E-state index contributed by atoms with van der Waals surface area (Å²) in [6, 6.07) is 8.46. The maximum absolute atomic E-state index is 8.81. The first-order valence-corrected chi connectivity index (χ1v) is 4.96. The Morgan fingerprint density at radius 3 is 2.93 bits per heavy atom. The fraction of sp³-hybridized carbons (Fsp3) is 0.333. The van der Waals surface area contributed by atoms with Gasteiger partial charge in [0.1, 0.15) is 0 Å². The topological polar surface area (TPSA) is 25.2 Å². The first-order valence-electron chi connectivity index (χ1n) is 4.96. The maximum Gasteiger partial charge on any atom is 0.0510 e. The van der Waals surface area contributed by atoms with Crippen LogP contribution < -0.4 is 0 Å². The lowest BCUT2D eigenvalue weighted by Crippen LogP contribution is -1.94. The van der Waals surface area contributed by atoms with Crippen LogP contribution in [0.4, 0.5) is 0 Å². The molecule has 0 atom stereocenters. The highest BCUT2D eigenvalue weighted by Gasteiger charge is 2.03. The summed E-state index contributed by atoms with van der Waals surface area (Å²) >= 11 is 0. The van der Waals surface area contributed by atoms with Crippen molar-refractivity contribution in [2.24, 2.45) is 7.05 Å². The number of hydrogen-bond acceptors (Lipinski definition) is 1. The van der Waals surface area contributed by atoms with Crippen molar-refractivity contribution >= 4 is 10.9 Å². The molecule has 1 aromatic heterocycles. The summed E-state index contributed by atoms with van der Waals surface area (Å²) in [6.45, 7) is 0.265. The molecule has 0 aliphatic heterocycles. The van der Waals surface area contributed by atoms with E-state index in [1.54, 1.807) is 0 Å². The van der Waals surface area contributed by atoms with Crippen LogP contribution >= 0.6 is 0 Å².